The van der Waals surface area contributed by atoms with Crippen molar-refractivity contribution in [3.05, 3.63) is 24.3 Å². The van der Waals surface area contributed by atoms with Crippen molar-refractivity contribution in [2.45, 2.75) is 31.1 Å². The molecule has 0 fully saturated rings. The Morgan fingerprint density at radius 1 is 1.24 bits per heavy atom. The predicted octanol–water partition coefficient (Wildman–Crippen LogP) is 1.30. The van der Waals surface area contributed by atoms with Crippen LogP contribution in [0.2, 0.25) is 0 Å². The Morgan fingerprint density at radius 3 is 2.38 bits per heavy atom. The second-order valence-corrected chi connectivity index (χ2v) is 6.89. The van der Waals surface area contributed by atoms with Crippen molar-refractivity contribution in [3.8, 4) is 0 Å². The van der Waals surface area contributed by atoms with Gasteiger partial charge in [0.05, 0.1) is 4.90 Å². The maximum absolute atomic E-state index is 11.8. The molecule has 1 rings (SSSR count). The molecule has 0 heterocycles. The number of nitrogens with one attached hydrogen (secondary N) is 2. The Balaban J connectivity index is 2.54. The van der Waals surface area contributed by atoms with Crippen LogP contribution in [0.4, 0.5) is 5.69 Å². The first-order chi connectivity index (χ1) is 9.89. The van der Waals surface area contributed by atoms with Crippen molar-refractivity contribution in [3.63, 3.8) is 0 Å². The molecule has 0 bridgehead atoms. The lowest BCUT2D eigenvalue weighted by atomic mass is 10.0. The quantitative estimate of drug-likeness (QED) is 0.673. The molecule has 0 radical (unpaired) electrons. The molecular weight excluding hydrogens is 290 g/mol. The van der Waals surface area contributed by atoms with Crippen LogP contribution in [0.5, 0.6) is 0 Å². The van der Waals surface area contributed by atoms with Crippen LogP contribution in [-0.2, 0) is 14.8 Å². The highest BCUT2D eigenvalue weighted by Crippen LogP contribution is 2.15. The third-order valence-corrected chi connectivity index (χ3v) is 4.67. The Labute approximate surface area is 126 Å². The minimum absolute atomic E-state index is 0.0805. The van der Waals surface area contributed by atoms with Crippen molar-refractivity contribution in [2.24, 2.45) is 11.7 Å². The lowest BCUT2D eigenvalue weighted by Crippen LogP contribution is -2.18. The summed E-state index contributed by atoms with van der Waals surface area (Å²) in [6, 6.07) is 6.06. The smallest absolute Gasteiger partial charge is 0.240 e. The van der Waals surface area contributed by atoms with Gasteiger partial charge in [0.25, 0.3) is 0 Å². The molecule has 1 unspecified atom stereocenters. The van der Waals surface area contributed by atoms with E-state index in [0.29, 0.717) is 24.6 Å². The summed E-state index contributed by atoms with van der Waals surface area (Å²) in [6.45, 7) is 2.70. The van der Waals surface area contributed by atoms with E-state index in [4.69, 9.17) is 5.73 Å². The van der Waals surface area contributed by atoms with Crippen molar-refractivity contribution >= 4 is 21.6 Å². The van der Waals surface area contributed by atoms with E-state index in [9.17, 15) is 13.2 Å². The maximum Gasteiger partial charge on any atom is 0.240 e. The molecule has 0 aromatic heterocycles. The average Bonchev–Trinajstić information content (AvgIpc) is 2.46. The number of carbonyl (C=O) groups excluding carboxylic acids is 1. The van der Waals surface area contributed by atoms with Gasteiger partial charge in [-0.3, -0.25) is 4.79 Å². The fourth-order valence-electron chi connectivity index (χ4n) is 1.87. The molecule has 1 aromatic rings. The van der Waals surface area contributed by atoms with Gasteiger partial charge in [-0.25, -0.2) is 13.1 Å². The van der Waals surface area contributed by atoms with Gasteiger partial charge in [0.2, 0.25) is 15.9 Å². The summed E-state index contributed by atoms with van der Waals surface area (Å²) in [6.07, 6.45) is 2.12. The van der Waals surface area contributed by atoms with Crippen LogP contribution in [0.25, 0.3) is 0 Å². The number of hydrogen-bond acceptors (Lipinski definition) is 4. The Morgan fingerprint density at radius 2 is 1.86 bits per heavy atom. The number of sulfonamides is 1. The van der Waals surface area contributed by atoms with Crippen LogP contribution >= 0.6 is 0 Å². The largest absolute Gasteiger partial charge is 0.330 e. The zero-order chi connectivity index (χ0) is 15.9. The number of benzene rings is 1. The molecule has 6 nitrogen and oxygen atoms in total. The van der Waals surface area contributed by atoms with Crippen molar-refractivity contribution in [1.82, 2.24) is 4.72 Å². The molecule has 1 atom stereocenters. The summed E-state index contributed by atoms with van der Waals surface area (Å²) in [5, 5.41) is 2.75. The van der Waals surface area contributed by atoms with Crippen LogP contribution < -0.4 is 15.8 Å². The van der Waals surface area contributed by atoms with E-state index in [1.807, 2.05) is 0 Å². The lowest BCUT2D eigenvalue weighted by molar-refractivity contribution is -0.116. The van der Waals surface area contributed by atoms with Gasteiger partial charge in [0.15, 0.2) is 0 Å². The number of amides is 1. The fraction of sp³-hybridized carbons (Fsp3) is 0.500. The van der Waals surface area contributed by atoms with E-state index < -0.39 is 10.0 Å². The van der Waals surface area contributed by atoms with Gasteiger partial charge in [-0.2, -0.15) is 0 Å². The molecule has 0 spiro atoms. The molecule has 21 heavy (non-hydrogen) atoms. The minimum Gasteiger partial charge on any atom is -0.330 e. The number of rotatable bonds is 8. The maximum atomic E-state index is 11.8. The molecule has 1 aromatic carbocycles. The van der Waals surface area contributed by atoms with Crippen molar-refractivity contribution in [2.75, 3.05) is 18.9 Å². The summed E-state index contributed by atoms with van der Waals surface area (Å²) in [5.41, 5.74) is 6.05. The van der Waals surface area contributed by atoms with E-state index in [2.05, 4.69) is 17.0 Å². The van der Waals surface area contributed by atoms with Gasteiger partial charge in [-0.05, 0) is 56.6 Å². The molecule has 1 amide bonds. The first-order valence-electron chi connectivity index (χ1n) is 6.92. The predicted molar refractivity (Wildman–Crippen MR) is 83.4 cm³/mol. The third kappa shape index (κ3) is 5.82. The van der Waals surface area contributed by atoms with E-state index in [-0.39, 0.29) is 10.8 Å². The van der Waals surface area contributed by atoms with E-state index in [0.717, 1.165) is 12.8 Å². The molecular formula is C14H23N3O3S. The monoisotopic (exact) mass is 313 g/mol. The minimum atomic E-state index is -3.45. The van der Waals surface area contributed by atoms with Gasteiger partial charge >= 0.3 is 0 Å². The zero-order valence-corrected chi connectivity index (χ0v) is 13.2. The third-order valence-electron chi connectivity index (χ3n) is 3.24. The number of hydrogen-bond donors (Lipinski definition) is 3. The Hall–Kier alpha value is -1.44. The second kappa shape index (κ2) is 8.11. The first-order valence-corrected chi connectivity index (χ1v) is 8.41. The number of nitrogens with two attached hydrogens (primary N) is 1. The number of anilines is 1. The zero-order valence-electron chi connectivity index (χ0n) is 12.4. The molecule has 0 saturated carbocycles. The molecule has 0 saturated heterocycles. The molecule has 0 aliphatic carbocycles. The van der Waals surface area contributed by atoms with Gasteiger partial charge < -0.3 is 11.1 Å². The molecule has 0 aliphatic heterocycles. The SMILES string of the molecule is CNS(=O)(=O)c1ccc(NC(=O)CCC(C)CCN)cc1. The summed E-state index contributed by atoms with van der Waals surface area (Å²) in [4.78, 5) is 12.0. The van der Waals surface area contributed by atoms with E-state index in [1.54, 1.807) is 12.1 Å². The molecule has 7 heteroatoms. The molecule has 4 N–H and O–H groups in total. The summed E-state index contributed by atoms with van der Waals surface area (Å²) in [7, 11) is -2.09. The van der Waals surface area contributed by atoms with Crippen LogP contribution in [-0.4, -0.2) is 27.9 Å². The van der Waals surface area contributed by atoms with Gasteiger partial charge in [0.1, 0.15) is 0 Å². The second-order valence-electron chi connectivity index (χ2n) is 5.00. The van der Waals surface area contributed by atoms with Crippen LogP contribution in [0, 0.1) is 5.92 Å². The summed E-state index contributed by atoms with van der Waals surface area (Å²) < 4.78 is 25.4. The summed E-state index contributed by atoms with van der Waals surface area (Å²) in [5.74, 6) is 0.340. The topological polar surface area (TPSA) is 101 Å². The van der Waals surface area contributed by atoms with Crippen LogP contribution in [0.15, 0.2) is 29.2 Å². The first kappa shape index (κ1) is 17.6. The van der Waals surface area contributed by atoms with Crippen LogP contribution in [0.3, 0.4) is 0 Å². The fourth-order valence-corrected chi connectivity index (χ4v) is 2.60. The highest BCUT2D eigenvalue weighted by molar-refractivity contribution is 7.89. The van der Waals surface area contributed by atoms with Gasteiger partial charge in [0, 0.05) is 12.1 Å². The lowest BCUT2D eigenvalue weighted by Gasteiger charge is -2.10. The van der Waals surface area contributed by atoms with Gasteiger partial charge in [-0.1, -0.05) is 6.92 Å². The number of carbonyl (C=O) groups is 1. The highest BCUT2D eigenvalue weighted by Gasteiger charge is 2.11. The van der Waals surface area contributed by atoms with Crippen LogP contribution in [0.1, 0.15) is 26.2 Å². The normalized spacial score (nSPS) is 12.9. The molecule has 118 valence electrons. The standard InChI is InChI=1S/C14H23N3O3S/c1-11(9-10-15)3-8-14(18)17-12-4-6-13(7-5-12)21(19,20)16-2/h4-7,11,16H,3,8-10,15H2,1-2H3,(H,17,18). The van der Waals surface area contributed by atoms with Crippen molar-refractivity contribution < 1.29 is 13.2 Å². The van der Waals surface area contributed by atoms with Crippen molar-refractivity contribution in [1.29, 1.82) is 0 Å². The Bertz CT molecular complexity index is 555. The van der Waals surface area contributed by atoms with Gasteiger partial charge in [-0.15, -0.1) is 0 Å². The van der Waals surface area contributed by atoms with E-state index in [1.165, 1.54) is 19.2 Å². The van der Waals surface area contributed by atoms with E-state index >= 15 is 0 Å². The Kier molecular flexibility index (Phi) is 6.80. The average molecular weight is 313 g/mol. The highest BCUT2D eigenvalue weighted by atomic mass is 32.2. The summed E-state index contributed by atoms with van der Waals surface area (Å²) >= 11 is 0. The molecule has 0 aliphatic rings.